The van der Waals surface area contributed by atoms with Gasteiger partial charge < -0.3 is 15.2 Å². The lowest BCUT2D eigenvalue weighted by Crippen LogP contribution is -2.49. The van der Waals surface area contributed by atoms with Crippen LogP contribution >= 0.6 is 0 Å². The van der Waals surface area contributed by atoms with Crippen LogP contribution in [0.15, 0.2) is 36.4 Å². The number of hydrogen-bond donors (Lipinski definition) is 1. The largest absolute Gasteiger partial charge is 0.494 e. The van der Waals surface area contributed by atoms with Crippen molar-refractivity contribution in [1.29, 1.82) is 0 Å². The minimum absolute atomic E-state index is 0.0690. The normalized spacial score (nSPS) is 16.4. The molecule has 6 heteroatoms. The Balaban J connectivity index is 1.67. The molecule has 0 aliphatic carbocycles. The second kappa shape index (κ2) is 7.64. The number of benzene rings is 1. The van der Waals surface area contributed by atoms with E-state index in [0.717, 1.165) is 5.75 Å². The van der Waals surface area contributed by atoms with E-state index in [4.69, 9.17) is 15.2 Å². The molecule has 1 aliphatic heterocycles. The summed E-state index contributed by atoms with van der Waals surface area (Å²) >= 11 is 0. The Morgan fingerprint density at radius 2 is 1.96 bits per heavy atom. The van der Waals surface area contributed by atoms with Gasteiger partial charge in [-0.05, 0) is 43.5 Å². The van der Waals surface area contributed by atoms with Crippen molar-refractivity contribution in [1.82, 2.24) is 4.98 Å². The number of aromatic nitrogens is 1. The van der Waals surface area contributed by atoms with Crippen LogP contribution < -0.4 is 20.1 Å². The number of amides is 1. The second-order valence-corrected chi connectivity index (χ2v) is 6.85. The number of hydrogen-bond acceptors (Lipinski definition) is 5. The number of anilines is 2. The number of rotatable bonds is 6. The molecular formula is C20H25N3O3. The van der Waals surface area contributed by atoms with Crippen LogP contribution in [0.5, 0.6) is 11.5 Å². The molecule has 0 saturated carbocycles. The molecule has 1 unspecified atom stereocenters. The number of fused-ring (bicyclic) bond motifs is 1. The molecule has 0 fully saturated rings. The third-order valence-corrected chi connectivity index (χ3v) is 4.30. The molecule has 138 valence electrons. The van der Waals surface area contributed by atoms with Crippen LogP contribution in [-0.2, 0) is 4.79 Å². The predicted octanol–water partition coefficient (Wildman–Crippen LogP) is 3.19. The Labute approximate surface area is 153 Å². The fourth-order valence-electron chi connectivity index (χ4n) is 2.87. The smallest absolute Gasteiger partial charge is 0.269 e. The highest BCUT2D eigenvalue weighted by atomic mass is 16.5. The zero-order chi connectivity index (χ0) is 18.7. The Hall–Kier alpha value is -2.76. The van der Waals surface area contributed by atoms with Crippen LogP contribution in [0.2, 0.25) is 0 Å². The van der Waals surface area contributed by atoms with Gasteiger partial charge in [0.2, 0.25) is 0 Å². The summed E-state index contributed by atoms with van der Waals surface area (Å²) in [6, 6.07) is 11.4. The summed E-state index contributed by atoms with van der Waals surface area (Å²) in [6.07, 6.45) is 0.173. The van der Waals surface area contributed by atoms with Crippen molar-refractivity contribution in [3.05, 3.63) is 42.0 Å². The van der Waals surface area contributed by atoms with Crippen molar-refractivity contribution in [2.75, 3.05) is 23.8 Å². The van der Waals surface area contributed by atoms with Crippen molar-refractivity contribution in [3.8, 4) is 11.5 Å². The molecule has 2 N–H and O–H groups in total. The zero-order valence-electron chi connectivity index (χ0n) is 15.4. The fraction of sp³-hybridized carbons (Fsp3) is 0.400. The third-order valence-electron chi connectivity index (χ3n) is 4.30. The average molecular weight is 355 g/mol. The summed E-state index contributed by atoms with van der Waals surface area (Å²) in [7, 11) is 0. The molecule has 3 rings (SSSR count). The minimum Gasteiger partial charge on any atom is -0.494 e. The van der Waals surface area contributed by atoms with E-state index in [1.807, 2.05) is 45.0 Å². The van der Waals surface area contributed by atoms with Gasteiger partial charge in [-0.3, -0.25) is 9.69 Å². The number of carbonyl (C=O) groups is 1. The number of nitrogens with two attached hydrogens (primary N) is 1. The summed E-state index contributed by atoms with van der Waals surface area (Å²) in [5.74, 6) is 2.26. The van der Waals surface area contributed by atoms with E-state index in [2.05, 4.69) is 4.98 Å². The predicted molar refractivity (Wildman–Crippen MR) is 102 cm³/mol. The summed E-state index contributed by atoms with van der Waals surface area (Å²) in [6.45, 7) is 6.99. The Kier molecular flexibility index (Phi) is 5.30. The quantitative estimate of drug-likeness (QED) is 0.805. The first-order chi connectivity index (χ1) is 12.5. The highest BCUT2D eigenvalue weighted by molar-refractivity contribution is 5.99. The molecule has 1 amide bonds. The molecule has 0 spiro atoms. The molecule has 2 aromatic rings. The highest BCUT2D eigenvalue weighted by Crippen LogP contribution is 2.34. The number of pyridine rings is 1. The van der Waals surface area contributed by atoms with E-state index >= 15 is 0 Å². The van der Waals surface area contributed by atoms with Gasteiger partial charge in [0.25, 0.3) is 5.91 Å². The molecule has 1 aliphatic rings. The first-order valence-corrected chi connectivity index (χ1v) is 8.89. The van der Waals surface area contributed by atoms with Gasteiger partial charge >= 0.3 is 0 Å². The maximum Gasteiger partial charge on any atom is 0.269 e. The maximum atomic E-state index is 12.8. The van der Waals surface area contributed by atoms with Crippen LogP contribution in [0.4, 0.5) is 11.6 Å². The van der Waals surface area contributed by atoms with Gasteiger partial charge in [-0.2, -0.15) is 0 Å². The summed E-state index contributed by atoms with van der Waals surface area (Å²) < 4.78 is 11.6. The van der Waals surface area contributed by atoms with Crippen molar-refractivity contribution < 1.29 is 14.3 Å². The van der Waals surface area contributed by atoms with Gasteiger partial charge in [-0.25, -0.2) is 4.98 Å². The van der Waals surface area contributed by atoms with E-state index in [1.165, 1.54) is 5.56 Å². The number of ether oxygens (including phenoxy) is 2. The monoisotopic (exact) mass is 355 g/mol. The molecule has 0 radical (unpaired) electrons. The standard InChI is InChI=1S/C20H25N3O3/c1-13(2)18-20(24)23(19-16(26-18)9-10-17(21)22-19)11-4-12-25-15-7-5-14(3)6-8-15/h5-10,13,18H,4,11-12H2,1-3H3,(H2,21,22). The summed E-state index contributed by atoms with van der Waals surface area (Å²) in [5, 5.41) is 0. The van der Waals surface area contributed by atoms with Crippen molar-refractivity contribution in [2.24, 2.45) is 5.92 Å². The third kappa shape index (κ3) is 3.90. The first kappa shape index (κ1) is 18.0. The number of nitrogens with zero attached hydrogens (tertiary/aromatic N) is 2. The van der Waals surface area contributed by atoms with Gasteiger partial charge in [-0.15, -0.1) is 0 Å². The lowest BCUT2D eigenvalue weighted by atomic mass is 10.0. The maximum absolute atomic E-state index is 12.8. The highest BCUT2D eigenvalue weighted by Gasteiger charge is 2.37. The molecule has 1 aromatic heterocycles. The van der Waals surface area contributed by atoms with Crippen LogP contribution in [-0.4, -0.2) is 30.1 Å². The van der Waals surface area contributed by atoms with E-state index in [-0.39, 0.29) is 11.8 Å². The van der Waals surface area contributed by atoms with Crippen molar-refractivity contribution in [3.63, 3.8) is 0 Å². The zero-order valence-corrected chi connectivity index (χ0v) is 15.4. The average Bonchev–Trinajstić information content (AvgIpc) is 2.61. The fourth-order valence-corrected chi connectivity index (χ4v) is 2.87. The second-order valence-electron chi connectivity index (χ2n) is 6.85. The van der Waals surface area contributed by atoms with Gasteiger partial charge in [-0.1, -0.05) is 31.5 Å². The molecule has 1 aromatic carbocycles. The molecule has 1 atom stereocenters. The van der Waals surface area contributed by atoms with Crippen LogP contribution in [0.1, 0.15) is 25.8 Å². The van der Waals surface area contributed by atoms with E-state index in [9.17, 15) is 4.79 Å². The van der Waals surface area contributed by atoms with Crippen molar-refractivity contribution >= 4 is 17.5 Å². The topological polar surface area (TPSA) is 77.7 Å². The minimum atomic E-state index is -0.508. The van der Waals surface area contributed by atoms with Gasteiger partial charge in [0.1, 0.15) is 11.6 Å². The molecular weight excluding hydrogens is 330 g/mol. The number of carbonyl (C=O) groups excluding carboxylic acids is 1. The number of nitrogen functional groups attached to an aromatic ring is 1. The molecule has 0 saturated heterocycles. The van der Waals surface area contributed by atoms with Crippen LogP contribution in [0.3, 0.4) is 0 Å². The Morgan fingerprint density at radius 1 is 1.23 bits per heavy atom. The number of aryl methyl sites for hydroxylation is 1. The van der Waals surface area contributed by atoms with Gasteiger partial charge in [0.15, 0.2) is 17.7 Å². The van der Waals surface area contributed by atoms with Crippen LogP contribution in [0.25, 0.3) is 0 Å². The summed E-state index contributed by atoms with van der Waals surface area (Å²) in [4.78, 5) is 18.8. The molecule has 2 heterocycles. The van der Waals surface area contributed by atoms with E-state index in [1.54, 1.807) is 17.0 Å². The Morgan fingerprint density at radius 3 is 2.65 bits per heavy atom. The van der Waals surface area contributed by atoms with Crippen molar-refractivity contribution in [2.45, 2.75) is 33.3 Å². The lowest BCUT2D eigenvalue weighted by Gasteiger charge is -2.35. The molecule has 26 heavy (non-hydrogen) atoms. The SMILES string of the molecule is Cc1ccc(OCCCN2C(=O)C(C(C)C)Oc3ccc(N)nc32)cc1. The summed E-state index contributed by atoms with van der Waals surface area (Å²) in [5.41, 5.74) is 6.99. The lowest BCUT2D eigenvalue weighted by molar-refractivity contribution is -0.128. The van der Waals surface area contributed by atoms with E-state index < -0.39 is 6.10 Å². The van der Waals surface area contributed by atoms with E-state index in [0.29, 0.717) is 37.0 Å². The first-order valence-electron chi connectivity index (χ1n) is 8.89. The van der Waals surface area contributed by atoms with Gasteiger partial charge in [0, 0.05) is 6.54 Å². The molecule has 0 bridgehead atoms. The molecule has 6 nitrogen and oxygen atoms in total. The van der Waals surface area contributed by atoms with Gasteiger partial charge in [0.05, 0.1) is 6.61 Å². The Bertz CT molecular complexity index is 774. The van der Waals surface area contributed by atoms with Crippen LogP contribution in [0, 0.1) is 12.8 Å².